The molecule has 0 unspecified atom stereocenters. The van der Waals surface area contributed by atoms with Crippen molar-refractivity contribution >= 4 is 17.6 Å². The van der Waals surface area contributed by atoms with Gasteiger partial charge in [-0.1, -0.05) is 11.6 Å². The Labute approximate surface area is 102 Å². The van der Waals surface area contributed by atoms with Crippen LogP contribution in [0.25, 0.3) is 11.3 Å². The molecule has 0 aliphatic heterocycles. The molecule has 0 spiro atoms. The number of nitrogens with zero attached hydrogens (tertiary/aromatic N) is 4. The lowest BCUT2D eigenvalue weighted by atomic mass is 10.1. The van der Waals surface area contributed by atoms with E-state index in [1.165, 1.54) is 17.1 Å². The number of carboxylic acids is 1. The fraction of sp³-hybridized carbons (Fsp3) is 0.200. The number of carbonyl (C=O) groups is 1. The zero-order valence-electron chi connectivity index (χ0n) is 9.18. The first-order chi connectivity index (χ1) is 8.00. The van der Waals surface area contributed by atoms with Crippen LogP contribution in [0.15, 0.2) is 12.4 Å². The number of halogens is 1. The van der Waals surface area contributed by atoms with Gasteiger partial charge in [0.1, 0.15) is 5.82 Å². The van der Waals surface area contributed by atoms with Crippen LogP contribution >= 0.6 is 11.6 Å². The molecule has 7 heteroatoms. The van der Waals surface area contributed by atoms with Gasteiger partial charge in [0.05, 0.1) is 22.5 Å². The van der Waals surface area contributed by atoms with Crippen molar-refractivity contribution in [1.82, 2.24) is 19.7 Å². The van der Waals surface area contributed by atoms with Gasteiger partial charge in [-0.2, -0.15) is 5.10 Å². The summed E-state index contributed by atoms with van der Waals surface area (Å²) >= 11 is 5.96. The average molecular weight is 253 g/mol. The van der Waals surface area contributed by atoms with Gasteiger partial charge >= 0.3 is 5.97 Å². The van der Waals surface area contributed by atoms with Gasteiger partial charge in [0, 0.05) is 13.2 Å². The predicted octanol–water partition coefficient (Wildman–Crippen LogP) is 1.54. The van der Waals surface area contributed by atoms with Gasteiger partial charge in [0.25, 0.3) is 0 Å². The van der Waals surface area contributed by atoms with E-state index in [0.717, 1.165) is 0 Å². The van der Waals surface area contributed by atoms with E-state index in [4.69, 9.17) is 16.7 Å². The SMILES string of the molecule is Cc1ncc(Cl)c(-c2cnn(C)c2C(=O)O)n1. The van der Waals surface area contributed by atoms with Crippen LogP contribution in [0.1, 0.15) is 16.3 Å². The molecule has 0 saturated carbocycles. The van der Waals surface area contributed by atoms with Crippen LogP contribution in [0.2, 0.25) is 5.02 Å². The Morgan fingerprint density at radius 2 is 2.18 bits per heavy atom. The molecule has 0 saturated heterocycles. The van der Waals surface area contributed by atoms with Crippen molar-refractivity contribution in [2.45, 2.75) is 6.92 Å². The van der Waals surface area contributed by atoms with Crippen molar-refractivity contribution in [3.63, 3.8) is 0 Å². The summed E-state index contributed by atoms with van der Waals surface area (Å²) in [5.74, 6) is -0.558. The summed E-state index contributed by atoms with van der Waals surface area (Å²) in [6.07, 6.45) is 2.87. The van der Waals surface area contributed by atoms with Crippen LogP contribution in [0.3, 0.4) is 0 Å². The number of rotatable bonds is 2. The van der Waals surface area contributed by atoms with Gasteiger partial charge in [-0.15, -0.1) is 0 Å². The summed E-state index contributed by atoms with van der Waals surface area (Å²) in [6, 6.07) is 0. The molecule has 0 bridgehead atoms. The van der Waals surface area contributed by atoms with E-state index in [9.17, 15) is 4.79 Å². The minimum absolute atomic E-state index is 0.0463. The van der Waals surface area contributed by atoms with Crippen molar-refractivity contribution < 1.29 is 9.90 Å². The maximum atomic E-state index is 11.1. The first-order valence-electron chi connectivity index (χ1n) is 4.75. The molecule has 1 N–H and O–H groups in total. The van der Waals surface area contributed by atoms with Gasteiger partial charge in [0.2, 0.25) is 0 Å². The van der Waals surface area contributed by atoms with E-state index in [2.05, 4.69) is 15.1 Å². The smallest absolute Gasteiger partial charge is 0.354 e. The van der Waals surface area contributed by atoms with Crippen molar-refractivity contribution in [1.29, 1.82) is 0 Å². The highest BCUT2D eigenvalue weighted by molar-refractivity contribution is 6.33. The minimum Gasteiger partial charge on any atom is -0.477 e. The molecule has 2 aromatic rings. The Morgan fingerprint density at radius 1 is 1.47 bits per heavy atom. The van der Waals surface area contributed by atoms with Crippen molar-refractivity contribution in [3.05, 3.63) is 28.9 Å². The monoisotopic (exact) mass is 252 g/mol. The number of aromatic nitrogens is 4. The lowest BCUT2D eigenvalue weighted by Gasteiger charge is -2.03. The summed E-state index contributed by atoms with van der Waals surface area (Å²) in [5.41, 5.74) is 0.810. The number of carboxylic acid groups (broad SMARTS) is 1. The van der Waals surface area contributed by atoms with Crippen LogP contribution in [0, 0.1) is 6.92 Å². The third-order valence-corrected chi connectivity index (χ3v) is 2.54. The van der Waals surface area contributed by atoms with Gasteiger partial charge < -0.3 is 5.11 Å². The fourth-order valence-corrected chi connectivity index (χ4v) is 1.70. The molecule has 2 rings (SSSR count). The Bertz CT molecular complexity index is 594. The molecule has 0 aliphatic rings. The highest BCUT2D eigenvalue weighted by Gasteiger charge is 2.20. The standard InChI is InChI=1S/C10H9ClN4O2/c1-5-12-4-7(11)8(14-5)6-3-13-15(2)9(6)10(16)17/h3-4H,1-2H3,(H,16,17). The quantitative estimate of drug-likeness (QED) is 0.877. The van der Waals surface area contributed by atoms with E-state index >= 15 is 0 Å². The number of aryl methyl sites for hydroxylation is 2. The van der Waals surface area contributed by atoms with Crippen LogP contribution in [-0.4, -0.2) is 30.8 Å². The Morgan fingerprint density at radius 3 is 2.82 bits per heavy atom. The molecule has 0 amide bonds. The second kappa shape index (κ2) is 4.14. The predicted molar refractivity (Wildman–Crippen MR) is 60.9 cm³/mol. The molecule has 17 heavy (non-hydrogen) atoms. The summed E-state index contributed by atoms with van der Waals surface area (Å²) in [7, 11) is 1.55. The maximum absolute atomic E-state index is 11.1. The van der Waals surface area contributed by atoms with Crippen LogP contribution in [0.5, 0.6) is 0 Å². The van der Waals surface area contributed by atoms with Crippen molar-refractivity contribution in [3.8, 4) is 11.3 Å². The molecule has 0 radical (unpaired) electrons. The normalized spacial score (nSPS) is 10.5. The maximum Gasteiger partial charge on any atom is 0.354 e. The number of hydrogen-bond donors (Lipinski definition) is 1. The molecule has 6 nitrogen and oxygen atoms in total. The molecule has 2 heterocycles. The second-order valence-corrected chi connectivity index (χ2v) is 3.86. The van der Waals surface area contributed by atoms with Crippen LogP contribution in [0.4, 0.5) is 0 Å². The molecule has 0 aliphatic carbocycles. The highest BCUT2D eigenvalue weighted by Crippen LogP contribution is 2.27. The molecule has 0 fully saturated rings. The third-order valence-electron chi connectivity index (χ3n) is 2.26. The Hall–Kier alpha value is -1.95. The third kappa shape index (κ3) is 1.99. The number of hydrogen-bond acceptors (Lipinski definition) is 4. The van der Waals surface area contributed by atoms with E-state index in [1.54, 1.807) is 14.0 Å². The summed E-state index contributed by atoms with van der Waals surface area (Å²) in [5, 5.41) is 13.3. The Kier molecular flexibility index (Phi) is 2.81. The summed E-state index contributed by atoms with van der Waals surface area (Å²) in [4.78, 5) is 19.2. The first-order valence-corrected chi connectivity index (χ1v) is 5.13. The highest BCUT2D eigenvalue weighted by atomic mass is 35.5. The van der Waals surface area contributed by atoms with Gasteiger partial charge in [-0.3, -0.25) is 4.68 Å². The van der Waals surface area contributed by atoms with Gasteiger partial charge in [0.15, 0.2) is 5.69 Å². The van der Waals surface area contributed by atoms with E-state index in [-0.39, 0.29) is 5.69 Å². The van der Waals surface area contributed by atoms with Crippen LogP contribution < -0.4 is 0 Å². The molecular formula is C10H9ClN4O2. The first kappa shape index (κ1) is 11.5. The minimum atomic E-state index is -1.08. The lowest BCUT2D eigenvalue weighted by Crippen LogP contribution is -2.07. The summed E-state index contributed by atoms with van der Waals surface area (Å²) < 4.78 is 1.27. The molecule has 88 valence electrons. The lowest BCUT2D eigenvalue weighted by molar-refractivity contribution is 0.0686. The van der Waals surface area contributed by atoms with E-state index in [1.807, 2.05) is 0 Å². The molecule has 0 aromatic carbocycles. The van der Waals surface area contributed by atoms with E-state index in [0.29, 0.717) is 22.1 Å². The zero-order valence-corrected chi connectivity index (χ0v) is 9.93. The second-order valence-electron chi connectivity index (χ2n) is 3.45. The van der Waals surface area contributed by atoms with Crippen molar-refractivity contribution in [2.24, 2.45) is 7.05 Å². The summed E-state index contributed by atoms with van der Waals surface area (Å²) in [6.45, 7) is 1.70. The number of aromatic carboxylic acids is 1. The average Bonchev–Trinajstić information content (AvgIpc) is 2.64. The topological polar surface area (TPSA) is 80.9 Å². The van der Waals surface area contributed by atoms with Gasteiger partial charge in [-0.25, -0.2) is 14.8 Å². The fourth-order valence-electron chi connectivity index (χ4n) is 1.51. The largest absolute Gasteiger partial charge is 0.477 e. The molecule has 2 aromatic heterocycles. The molecule has 0 atom stereocenters. The zero-order chi connectivity index (χ0) is 12.6. The van der Waals surface area contributed by atoms with Gasteiger partial charge in [-0.05, 0) is 6.92 Å². The molecular weight excluding hydrogens is 244 g/mol. The Balaban J connectivity index is 2.68. The van der Waals surface area contributed by atoms with Crippen LogP contribution in [-0.2, 0) is 7.05 Å². The van der Waals surface area contributed by atoms with E-state index < -0.39 is 5.97 Å². The van der Waals surface area contributed by atoms with Crippen molar-refractivity contribution in [2.75, 3.05) is 0 Å².